The van der Waals surface area contributed by atoms with Gasteiger partial charge in [-0.25, -0.2) is 0 Å². The van der Waals surface area contributed by atoms with E-state index in [9.17, 15) is 1.37 Å². The van der Waals surface area contributed by atoms with Gasteiger partial charge in [-0.1, -0.05) is 157 Å². The maximum Gasteiger partial charge on any atom is 0.0319 e. The average molecular weight is 518 g/mol. The van der Waals surface area contributed by atoms with E-state index in [1.165, 1.54) is 38.2 Å². The molecule has 0 aromatic heterocycles. The molecular weight excluding hydrogens is 475 g/mol. The molecule has 0 N–H and O–H groups in total. The van der Waals surface area contributed by atoms with Crippen LogP contribution < -0.4 is 15.9 Å². The molecule has 0 fully saturated rings. The summed E-state index contributed by atoms with van der Waals surface area (Å²) in [4.78, 5) is 0. The van der Waals surface area contributed by atoms with Gasteiger partial charge in [-0.05, 0) is 75.2 Å². The topological polar surface area (TPSA) is 0 Å². The van der Waals surface area contributed by atoms with Crippen LogP contribution in [0.25, 0.3) is 11.6 Å². The Kier molecular flexibility index (Phi) is 7.11. The first-order chi connectivity index (χ1) is 18.6. The van der Waals surface area contributed by atoms with E-state index in [0.717, 1.165) is 0 Å². The molecule has 0 heterocycles. The fourth-order valence-electron chi connectivity index (χ4n) is 6.06. The first-order valence-electron chi connectivity index (χ1n) is 14.4. The predicted octanol–water partition coefficient (Wildman–Crippen LogP) is 8.87. The fraction of sp³-hybridized carbons (Fsp3) is 0.297. The van der Waals surface area contributed by atoms with Crippen LogP contribution in [0.5, 0.6) is 0 Å². The van der Waals surface area contributed by atoms with E-state index >= 15 is 0 Å². The van der Waals surface area contributed by atoms with Crippen molar-refractivity contribution in [1.29, 1.82) is 0 Å². The molecule has 1 aliphatic carbocycles. The highest BCUT2D eigenvalue weighted by Crippen LogP contribution is 2.54. The summed E-state index contributed by atoms with van der Waals surface area (Å²) in [5.74, 6) is 0.423. The third-order valence-electron chi connectivity index (χ3n) is 7.74. The van der Waals surface area contributed by atoms with Gasteiger partial charge >= 0.3 is 0 Å². The first kappa shape index (κ1) is 25.3. The summed E-state index contributed by atoms with van der Waals surface area (Å²) >= 11 is 0. The monoisotopic (exact) mass is 517 g/mol. The Morgan fingerprint density at radius 1 is 0.658 bits per heavy atom. The molecule has 0 spiro atoms. The van der Waals surface area contributed by atoms with Crippen molar-refractivity contribution in [2.75, 3.05) is 0 Å². The van der Waals surface area contributed by atoms with Crippen LogP contribution in [0.3, 0.4) is 0 Å². The van der Waals surface area contributed by atoms with Gasteiger partial charge in [0.2, 0.25) is 0 Å². The zero-order valence-electron chi connectivity index (χ0n) is 24.6. The van der Waals surface area contributed by atoms with Crippen molar-refractivity contribution in [2.24, 2.45) is 22.7 Å². The fourth-order valence-corrected chi connectivity index (χ4v) is 8.58. The number of allylic oxidation sites excluding steroid dienone is 1. The van der Waals surface area contributed by atoms with Crippen LogP contribution in [-0.2, 0) is 6.40 Å². The van der Waals surface area contributed by atoms with E-state index in [0.29, 0.717) is 0 Å². The van der Waals surface area contributed by atoms with Gasteiger partial charge in [0.05, 0.1) is 0 Å². The largest absolute Gasteiger partial charge is 0.0622 e. The standard InChI is InChI=1S/C37H41P/c1-36(2,3)32-26-28-19-16-24-33(38(29-20-12-8-13-21-29)30-22-14-9-15-23-30)34(28)31(35(32)37(4,5)6)25-27-17-10-7-11-18-27/h7-25,32,35H,26H2,1-6H3/b31-25-/t32-,35-/m0/s1/i26D/t26?,32-,35-. The molecule has 0 bridgehead atoms. The summed E-state index contributed by atoms with van der Waals surface area (Å²) in [7, 11) is -0.802. The van der Waals surface area contributed by atoms with Crippen molar-refractivity contribution in [2.45, 2.75) is 47.9 Å². The Morgan fingerprint density at radius 2 is 1.18 bits per heavy atom. The van der Waals surface area contributed by atoms with Gasteiger partial charge in [0.1, 0.15) is 0 Å². The van der Waals surface area contributed by atoms with Crippen molar-refractivity contribution in [3.05, 3.63) is 126 Å². The molecule has 0 nitrogen and oxygen atoms in total. The Morgan fingerprint density at radius 3 is 1.68 bits per heavy atom. The molecule has 4 aromatic carbocycles. The summed E-state index contributed by atoms with van der Waals surface area (Å²) in [6.45, 7) is 14.1. The minimum atomic E-state index is -0.802. The van der Waals surface area contributed by atoms with E-state index in [1.54, 1.807) is 0 Å². The number of fused-ring (bicyclic) bond motifs is 1. The summed E-state index contributed by atoms with van der Waals surface area (Å²) < 4.78 is 9.77. The molecule has 194 valence electrons. The van der Waals surface area contributed by atoms with Crippen LogP contribution in [0.4, 0.5) is 0 Å². The first-order valence-corrected chi connectivity index (χ1v) is 15.1. The van der Waals surface area contributed by atoms with Crippen molar-refractivity contribution >= 4 is 35.5 Å². The highest BCUT2D eigenvalue weighted by Gasteiger charge is 2.45. The number of rotatable bonds is 4. The molecule has 0 saturated heterocycles. The van der Waals surface area contributed by atoms with Crippen LogP contribution in [0.15, 0.2) is 109 Å². The van der Waals surface area contributed by atoms with Gasteiger partial charge in [-0.3, -0.25) is 0 Å². The number of hydrogen-bond donors (Lipinski definition) is 0. The van der Waals surface area contributed by atoms with Gasteiger partial charge < -0.3 is 0 Å². The van der Waals surface area contributed by atoms with Gasteiger partial charge in [0.25, 0.3) is 0 Å². The van der Waals surface area contributed by atoms with Crippen LogP contribution in [0, 0.1) is 22.7 Å². The summed E-state index contributed by atoms with van der Waals surface area (Å²) in [6, 6.07) is 39.5. The summed E-state index contributed by atoms with van der Waals surface area (Å²) in [5.41, 5.74) is 5.07. The Balaban J connectivity index is 1.87. The van der Waals surface area contributed by atoms with Crippen LogP contribution >= 0.6 is 7.92 Å². The van der Waals surface area contributed by atoms with Crippen molar-refractivity contribution < 1.29 is 1.37 Å². The molecule has 38 heavy (non-hydrogen) atoms. The average Bonchev–Trinajstić information content (AvgIpc) is 2.91. The molecule has 1 unspecified atom stereocenters. The molecule has 1 heteroatoms. The number of benzene rings is 4. The van der Waals surface area contributed by atoms with Crippen LogP contribution in [-0.4, -0.2) is 0 Å². The van der Waals surface area contributed by atoms with Crippen molar-refractivity contribution in [3.8, 4) is 0 Å². The molecule has 1 aliphatic rings. The van der Waals surface area contributed by atoms with E-state index < -0.39 is 7.92 Å². The van der Waals surface area contributed by atoms with Crippen LogP contribution in [0.2, 0.25) is 0 Å². The lowest BCUT2D eigenvalue weighted by Crippen LogP contribution is -2.42. The maximum absolute atomic E-state index is 9.77. The molecular formula is C37H41P. The second kappa shape index (κ2) is 10.7. The van der Waals surface area contributed by atoms with E-state index in [-0.39, 0.29) is 29.1 Å². The molecule has 0 radical (unpaired) electrons. The summed E-state index contributed by atoms with van der Waals surface area (Å²) in [6.07, 6.45) is 2.15. The van der Waals surface area contributed by atoms with E-state index in [4.69, 9.17) is 0 Å². The molecule has 4 aromatic rings. The highest BCUT2D eigenvalue weighted by atomic mass is 31.1. The van der Waals surface area contributed by atoms with Gasteiger partial charge in [0, 0.05) is 1.37 Å². The lowest BCUT2D eigenvalue weighted by atomic mass is 9.56. The smallest absolute Gasteiger partial charge is 0.0319 e. The lowest BCUT2D eigenvalue weighted by Gasteiger charge is -2.49. The third-order valence-corrected chi connectivity index (χ3v) is 10.2. The summed E-state index contributed by atoms with van der Waals surface area (Å²) in [5, 5.41) is 4.05. The third kappa shape index (κ3) is 5.43. The van der Waals surface area contributed by atoms with Crippen molar-refractivity contribution in [3.63, 3.8) is 0 Å². The Bertz CT molecular complexity index is 1390. The minimum Gasteiger partial charge on any atom is -0.0622 e. The predicted molar refractivity (Wildman–Crippen MR) is 169 cm³/mol. The molecule has 3 atom stereocenters. The minimum absolute atomic E-state index is 0.00902. The second-order valence-corrected chi connectivity index (χ2v) is 14.8. The highest BCUT2D eigenvalue weighted by molar-refractivity contribution is 7.80. The molecule has 5 rings (SSSR count). The zero-order chi connectivity index (χ0) is 27.8. The zero-order valence-corrected chi connectivity index (χ0v) is 24.5. The van der Waals surface area contributed by atoms with Gasteiger partial charge in [-0.2, -0.15) is 0 Å². The Labute approximate surface area is 233 Å². The number of hydrogen-bond acceptors (Lipinski definition) is 0. The normalized spacial score (nSPS) is 21.3. The van der Waals surface area contributed by atoms with E-state index in [1.807, 2.05) is 0 Å². The maximum atomic E-state index is 9.77. The second-order valence-electron chi connectivity index (χ2n) is 12.7. The lowest BCUT2D eigenvalue weighted by molar-refractivity contribution is 0.108. The van der Waals surface area contributed by atoms with Crippen LogP contribution in [0.1, 0.15) is 59.6 Å². The molecule has 0 aliphatic heterocycles. The van der Waals surface area contributed by atoms with Crippen molar-refractivity contribution in [1.82, 2.24) is 0 Å². The van der Waals surface area contributed by atoms with Gasteiger partial charge in [0.15, 0.2) is 0 Å². The molecule has 0 saturated carbocycles. The quantitative estimate of drug-likeness (QED) is 0.237. The SMILES string of the molecule is [2H]C1c2cccc(P(c3ccccc3)c3ccccc3)c2/C(=C/c2ccccc2)[C@H](C(C)(C)C)[C@H]1C(C)(C)C. The van der Waals surface area contributed by atoms with Gasteiger partial charge in [-0.15, -0.1) is 0 Å². The molecule has 0 amide bonds. The Hall–Kier alpha value is -2.95. The van der Waals surface area contributed by atoms with E-state index in [2.05, 4.69) is 157 Å².